The normalized spacial score (nSPS) is 14.0. The number of aromatic nitrogens is 2. The molecule has 2 aromatic heterocycles. The Kier molecular flexibility index (Phi) is 3.32. The fraction of sp³-hybridized carbons (Fsp3) is 0.176. The summed E-state index contributed by atoms with van der Waals surface area (Å²) in [6.07, 6.45) is 1.73. The van der Waals surface area contributed by atoms with Crippen molar-refractivity contribution >= 4 is 40.0 Å². The number of hydrogen-bond acceptors (Lipinski definition) is 2. The molecular weight excluding hydrogens is 333 g/mol. The number of pyridine rings is 1. The molecule has 0 radical (unpaired) electrons. The fourth-order valence-electron chi connectivity index (χ4n) is 3.25. The molecule has 6 heteroatoms. The van der Waals surface area contributed by atoms with E-state index in [9.17, 15) is 4.79 Å². The van der Waals surface area contributed by atoms with Crippen molar-refractivity contribution in [2.75, 3.05) is 6.54 Å². The lowest BCUT2D eigenvalue weighted by Crippen LogP contribution is -2.35. The number of benzene rings is 1. The van der Waals surface area contributed by atoms with Gasteiger partial charge in [0.15, 0.2) is 0 Å². The van der Waals surface area contributed by atoms with Crippen LogP contribution in [-0.4, -0.2) is 22.0 Å². The number of halogens is 2. The van der Waals surface area contributed by atoms with E-state index in [2.05, 4.69) is 14.9 Å². The average Bonchev–Trinajstić information content (AvgIpc) is 2.82. The smallest absolute Gasteiger partial charge is 0.268 e. The highest BCUT2D eigenvalue weighted by molar-refractivity contribution is 6.32. The van der Waals surface area contributed by atoms with Gasteiger partial charge >= 0.3 is 0 Å². The van der Waals surface area contributed by atoms with Gasteiger partial charge in [-0.3, -0.25) is 4.79 Å². The Hall–Kier alpha value is -2.04. The molecule has 1 aromatic carbocycles. The lowest BCUT2D eigenvalue weighted by molar-refractivity contribution is 0.0928. The highest BCUT2D eigenvalue weighted by Crippen LogP contribution is 2.37. The van der Waals surface area contributed by atoms with Gasteiger partial charge in [0, 0.05) is 40.8 Å². The van der Waals surface area contributed by atoms with Gasteiger partial charge in [-0.25, -0.2) is 4.98 Å². The number of aryl methyl sites for hydroxylation is 1. The van der Waals surface area contributed by atoms with E-state index in [-0.39, 0.29) is 5.91 Å². The van der Waals surface area contributed by atoms with Gasteiger partial charge in [0.05, 0.1) is 5.52 Å². The standard InChI is InChI=1S/C17H13Cl2N3O/c1-9-12-6-11(18)7-13(10-2-3-14(19)21-8-10)16(12)22-5-4-20-17(23)15(9)22/h2-3,6-8H,4-5H2,1H3,(H,20,23). The summed E-state index contributed by atoms with van der Waals surface area (Å²) < 4.78 is 2.07. The summed E-state index contributed by atoms with van der Waals surface area (Å²) in [6.45, 7) is 3.32. The summed E-state index contributed by atoms with van der Waals surface area (Å²) in [7, 11) is 0. The quantitative estimate of drug-likeness (QED) is 0.676. The number of carbonyl (C=O) groups is 1. The van der Waals surface area contributed by atoms with Crippen LogP contribution in [0.15, 0.2) is 30.5 Å². The first-order valence-corrected chi connectivity index (χ1v) is 8.04. The summed E-state index contributed by atoms with van der Waals surface area (Å²) >= 11 is 12.2. The summed E-state index contributed by atoms with van der Waals surface area (Å²) in [5, 5.41) is 4.97. The Balaban J connectivity index is 2.10. The Morgan fingerprint density at radius 3 is 2.83 bits per heavy atom. The molecule has 0 spiro atoms. The van der Waals surface area contributed by atoms with Crippen molar-refractivity contribution in [1.29, 1.82) is 0 Å². The second-order valence-electron chi connectivity index (χ2n) is 5.60. The molecule has 0 bridgehead atoms. The minimum atomic E-state index is -0.0405. The lowest BCUT2D eigenvalue weighted by atomic mass is 10.0. The summed E-state index contributed by atoms with van der Waals surface area (Å²) in [6, 6.07) is 7.49. The zero-order valence-electron chi connectivity index (χ0n) is 12.4. The number of nitrogens with zero attached hydrogens (tertiary/aromatic N) is 2. The molecule has 4 rings (SSSR count). The van der Waals surface area contributed by atoms with Crippen molar-refractivity contribution in [3.63, 3.8) is 0 Å². The Labute approximate surface area is 143 Å². The van der Waals surface area contributed by atoms with Crippen LogP contribution in [0.3, 0.4) is 0 Å². The molecule has 23 heavy (non-hydrogen) atoms. The molecule has 0 saturated heterocycles. The second-order valence-corrected chi connectivity index (χ2v) is 6.42. The minimum absolute atomic E-state index is 0.0405. The average molecular weight is 346 g/mol. The van der Waals surface area contributed by atoms with Gasteiger partial charge in [0.1, 0.15) is 10.8 Å². The van der Waals surface area contributed by atoms with Crippen LogP contribution in [-0.2, 0) is 6.54 Å². The molecule has 0 fully saturated rings. The number of fused-ring (bicyclic) bond motifs is 3. The maximum Gasteiger partial charge on any atom is 0.268 e. The molecular formula is C17H13Cl2N3O. The molecule has 116 valence electrons. The van der Waals surface area contributed by atoms with Crippen molar-refractivity contribution in [3.05, 3.63) is 51.9 Å². The van der Waals surface area contributed by atoms with Gasteiger partial charge in [-0.1, -0.05) is 23.2 Å². The van der Waals surface area contributed by atoms with Gasteiger partial charge in [-0.2, -0.15) is 0 Å². The van der Waals surface area contributed by atoms with E-state index in [0.717, 1.165) is 34.1 Å². The molecule has 1 aliphatic rings. The Morgan fingerprint density at radius 2 is 2.09 bits per heavy atom. The largest absolute Gasteiger partial charge is 0.349 e. The first-order valence-electron chi connectivity index (χ1n) is 7.28. The van der Waals surface area contributed by atoms with Gasteiger partial charge in [0.2, 0.25) is 0 Å². The molecule has 1 amide bonds. The van der Waals surface area contributed by atoms with Crippen LogP contribution in [0, 0.1) is 6.92 Å². The Morgan fingerprint density at radius 1 is 1.26 bits per heavy atom. The van der Waals surface area contributed by atoms with Crippen LogP contribution in [0.25, 0.3) is 22.0 Å². The highest BCUT2D eigenvalue weighted by atomic mass is 35.5. The third-order valence-corrected chi connectivity index (χ3v) is 4.69. The minimum Gasteiger partial charge on any atom is -0.349 e. The molecule has 1 N–H and O–H groups in total. The first kappa shape index (κ1) is 14.5. The molecule has 4 nitrogen and oxygen atoms in total. The molecule has 3 heterocycles. The van der Waals surface area contributed by atoms with Gasteiger partial charge in [-0.05, 0) is 36.8 Å². The van der Waals surface area contributed by atoms with Gasteiger partial charge < -0.3 is 9.88 Å². The van der Waals surface area contributed by atoms with Crippen molar-refractivity contribution in [3.8, 4) is 11.1 Å². The van der Waals surface area contributed by atoms with E-state index in [1.807, 2.05) is 25.1 Å². The first-order chi connectivity index (χ1) is 11.1. The van der Waals surface area contributed by atoms with Crippen molar-refractivity contribution in [2.24, 2.45) is 0 Å². The molecule has 3 aromatic rings. The number of hydrogen-bond donors (Lipinski definition) is 1. The van der Waals surface area contributed by atoms with Crippen molar-refractivity contribution in [1.82, 2.24) is 14.9 Å². The molecule has 0 atom stereocenters. The second kappa shape index (κ2) is 5.25. The van der Waals surface area contributed by atoms with Crippen LogP contribution < -0.4 is 5.32 Å². The number of carbonyl (C=O) groups excluding carboxylic acids is 1. The van der Waals surface area contributed by atoms with Crippen LogP contribution in [0.2, 0.25) is 10.2 Å². The summed E-state index contributed by atoms with van der Waals surface area (Å²) in [5.74, 6) is -0.0405. The number of nitrogens with one attached hydrogen (secondary N) is 1. The lowest BCUT2D eigenvalue weighted by Gasteiger charge is -2.18. The van der Waals surface area contributed by atoms with Crippen LogP contribution in [0.5, 0.6) is 0 Å². The SMILES string of the molecule is Cc1c2n(c3c(-c4ccc(Cl)nc4)cc(Cl)cc13)CCNC2=O. The zero-order chi connectivity index (χ0) is 16.1. The molecule has 0 unspecified atom stereocenters. The van der Waals surface area contributed by atoms with Crippen molar-refractivity contribution < 1.29 is 4.79 Å². The number of rotatable bonds is 1. The maximum atomic E-state index is 12.3. The Bertz CT molecular complexity index is 945. The molecule has 1 aliphatic heterocycles. The number of amides is 1. The van der Waals surface area contributed by atoms with Crippen LogP contribution in [0.4, 0.5) is 0 Å². The summed E-state index contributed by atoms with van der Waals surface area (Å²) in [5.41, 5.74) is 4.55. The van der Waals surface area contributed by atoms with Gasteiger partial charge in [0.25, 0.3) is 5.91 Å². The molecule has 0 saturated carbocycles. The van der Waals surface area contributed by atoms with E-state index in [1.165, 1.54) is 0 Å². The van der Waals surface area contributed by atoms with E-state index in [4.69, 9.17) is 23.2 Å². The fourth-order valence-corrected chi connectivity index (χ4v) is 3.58. The van der Waals surface area contributed by atoms with E-state index in [1.54, 1.807) is 12.3 Å². The van der Waals surface area contributed by atoms with Gasteiger partial charge in [-0.15, -0.1) is 0 Å². The van der Waals surface area contributed by atoms with E-state index < -0.39 is 0 Å². The summed E-state index contributed by atoms with van der Waals surface area (Å²) in [4.78, 5) is 16.4. The zero-order valence-corrected chi connectivity index (χ0v) is 13.9. The maximum absolute atomic E-state index is 12.3. The predicted molar refractivity (Wildman–Crippen MR) is 92.3 cm³/mol. The van der Waals surface area contributed by atoms with E-state index >= 15 is 0 Å². The topological polar surface area (TPSA) is 46.9 Å². The third-order valence-electron chi connectivity index (χ3n) is 4.25. The highest BCUT2D eigenvalue weighted by Gasteiger charge is 2.25. The molecule has 0 aliphatic carbocycles. The van der Waals surface area contributed by atoms with E-state index in [0.29, 0.717) is 22.4 Å². The van der Waals surface area contributed by atoms with Crippen molar-refractivity contribution in [2.45, 2.75) is 13.5 Å². The monoisotopic (exact) mass is 345 g/mol. The predicted octanol–water partition coefficient (Wildman–Crippen LogP) is 4.06. The van der Waals surface area contributed by atoms with Crippen LogP contribution in [0.1, 0.15) is 16.1 Å². The van der Waals surface area contributed by atoms with Crippen LogP contribution >= 0.6 is 23.2 Å². The third kappa shape index (κ3) is 2.21.